The van der Waals surface area contributed by atoms with Crippen LogP contribution < -0.4 is 19.9 Å². The van der Waals surface area contributed by atoms with E-state index >= 15 is 0 Å². The first-order valence-electron chi connectivity index (χ1n) is 6.69. The highest BCUT2D eigenvalue weighted by molar-refractivity contribution is 5.52. The maximum absolute atomic E-state index is 14.4. The van der Waals surface area contributed by atoms with Crippen molar-refractivity contribution in [3.8, 4) is 17.2 Å². The number of hydrogen-bond acceptors (Lipinski definition) is 4. The third kappa shape index (κ3) is 2.40. The van der Waals surface area contributed by atoms with Gasteiger partial charge in [-0.25, -0.2) is 4.39 Å². The van der Waals surface area contributed by atoms with E-state index in [1.807, 2.05) is 18.2 Å². The molecule has 0 bridgehead atoms. The Morgan fingerprint density at radius 3 is 2.62 bits per heavy atom. The van der Waals surface area contributed by atoms with E-state index in [1.54, 1.807) is 18.2 Å². The van der Waals surface area contributed by atoms with Crippen LogP contribution in [0.25, 0.3) is 0 Å². The van der Waals surface area contributed by atoms with Crippen molar-refractivity contribution in [3.05, 3.63) is 53.3 Å². The molecule has 2 aromatic rings. The van der Waals surface area contributed by atoms with Crippen LogP contribution in [0.15, 0.2) is 36.4 Å². The predicted molar refractivity (Wildman–Crippen MR) is 76.4 cm³/mol. The van der Waals surface area contributed by atoms with Crippen molar-refractivity contribution in [2.24, 2.45) is 5.73 Å². The molecule has 21 heavy (non-hydrogen) atoms. The summed E-state index contributed by atoms with van der Waals surface area (Å²) in [5.41, 5.74) is 7.29. The van der Waals surface area contributed by atoms with Gasteiger partial charge < -0.3 is 19.9 Å². The molecule has 110 valence electrons. The number of methoxy groups -OCH3 is 1. The van der Waals surface area contributed by atoms with E-state index in [9.17, 15) is 4.39 Å². The van der Waals surface area contributed by atoms with Gasteiger partial charge in [-0.2, -0.15) is 0 Å². The third-order valence-electron chi connectivity index (χ3n) is 3.48. The average Bonchev–Trinajstić information content (AvgIpc) is 2.54. The van der Waals surface area contributed by atoms with Gasteiger partial charge in [0.15, 0.2) is 23.1 Å². The first-order valence-corrected chi connectivity index (χ1v) is 6.69. The van der Waals surface area contributed by atoms with Crippen LogP contribution in [0.2, 0.25) is 0 Å². The standard InChI is InChI=1S/C16H16FNO3/c1-19-12-6-2-4-10(14(12)17)15(18)11-5-3-7-13-16(11)21-9-8-20-13/h2-7,15H,8-9,18H2,1H3. The molecule has 0 aliphatic carbocycles. The number of hydrogen-bond donors (Lipinski definition) is 1. The molecule has 0 fully saturated rings. The van der Waals surface area contributed by atoms with Crippen molar-refractivity contribution in [2.75, 3.05) is 20.3 Å². The zero-order chi connectivity index (χ0) is 14.8. The second-order valence-corrected chi connectivity index (χ2v) is 4.71. The van der Waals surface area contributed by atoms with Crippen molar-refractivity contribution in [1.82, 2.24) is 0 Å². The Hall–Kier alpha value is -2.27. The van der Waals surface area contributed by atoms with E-state index in [2.05, 4.69) is 0 Å². The molecule has 2 N–H and O–H groups in total. The summed E-state index contributed by atoms with van der Waals surface area (Å²) < 4.78 is 30.5. The predicted octanol–water partition coefficient (Wildman–Crippen LogP) is 2.65. The maximum Gasteiger partial charge on any atom is 0.170 e. The van der Waals surface area contributed by atoms with Crippen LogP contribution in [-0.2, 0) is 0 Å². The highest BCUT2D eigenvalue weighted by Crippen LogP contribution is 2.39. The van der Waals surface area contributed by atoms with Gasteiger partial charge in [0.1, 0.15) is 13.2 Å². The van der Waals surface area contributed by atoms with Gasteiger partial charge in [-0.3, -0.25) is 0 Å². The molecule has 5 heteroatoms. The second-order valence-electron chi connectivity index (χ2n) is 4.71. The lowest BCUT2D eigenvalue weighted by atomic mass is 9.97. The van der Waals surface area contributed by atoms with Gasteiger partial charge in [-0.05, 0) is 12.1 Å². The average molecular weight is 289 g/mol. The molecule has 0 aromatic heterocycles. The Morgan fingerprint density at radius 2 is 1.81 bits per heavy atom. The fraction of sp³-hybridized carbons (Fsp3) is 0.250. The summed E-state index contributed by atoms with van der Waals surface area (Å²) in [6, 6.07) is 9.71. The summed E-state index contributed by atoms with van der Waals surface area (Å²) in [7, 11) is 1.43. The van der Waals surface area contributed by atoms with Crippen molar-refractivity contribution < 1.29 is 18.6 Å². The van der Waals surface area contributed by atoms with E-state index < -0.39 is 11.9 Å². The van der Waals surface area contributed by atoms with Gasteiger partial charge >= 0.3 is 0 Å². The summed E-state index contributed by atoms with van der Waals surface area (Å²) in [5, 5.41) is 0. The molecule has 0 spiro atoms. The number of benzene rings is 2. The van der Waals surface area contributed by atoms with Crippen molar-refractivity contribution in [1.29, 1.82) is 0 Å². The molecule has 0 saturated heterocycles. The van der Waals surface area contributed by atoms with E-state index in [-0.39, 0.29) is 5.75 Å². The zero-order valence-corrected chi connectivity index (χ0v) is 11.6. The molecule has 1 aliphatic rings. The smallest absolute Gasteiger partial charge is 0.170 e. The molecule has 1 unspecified atom stereocenters. The van der Waals surface area contributed by atoms with Crippen LogP contribution in [-0.4, -0.2) is 20.3 Å². The monoisotopic (exact) mass is 289 g/mol. The van der Waals surface area contributed by atoms with E-state index in [0.29, 0.717) is 35.8 Å². The molecule has 0 amide bonds. The number of para-hydroxylation sites is 1. The first-order chi connectivity index (χ1) is 10.2. The van der Waals surface area contributed by atoms with Crippen molar-refractivity contribution in [3.63, 3.8) is 0 Å². The summed E-state index contributed by atoms with van der Waals surface area (Å²) in [5.74, 6) is 0.933. The number of nitrogens with two attached hydrogens (primary N) is 1. The molecule has 0 saturated carbocycles. The van der Waals surface area contributed by atoms with Gasteiger partial charge in [0.05, 0.1) is 13.2 Å². The molecule has 1 atom stereocenters. The highest BCUT2D eigenvalue weighted by atomic mass is 19.1. The van der Waals surface area contributed by atoms with Crippen LogP contribution >= 0.6 is 0 Å². The lowest BCUT2D eigenvalue weighted by molar-refractivity contribution is 0.169. The van der Waals surface area contributed by atoms with Gasteiger partial charge in [-0.1, -0.05) is 24.3 Å². The quantitative estimate of drug-likeness (QED) is 0.944. The van der Waals surface area contributed by atoms with Crippen LogP contribution in [0, 0.1) is 5.82 Å². The van der Waals surface area contributed by atoms with Crippen molar-refractivity contribution in [2.45, 2.75) is 6.04 Å². The number of ether oxygens (including phenoxy) is 3. The van der Waals surface area contributed by atoms with E-state index in [1.165, 1.54) is 7.11 Å². The van der Waals surface area contributed by atoms with Gasteiger partial charge in [-0.15, -0.1) is 0 Å². The van der Waals surface area contributed by atoms with Crippen LogP contribution in [0.1, 0.15) is 17.2 Å². The largest absolute Gasteiger partial charge is 0.494 e. The molecule has 0 radical (unpaired) electrons. The molecule has 3 rings (SSSR count). The molecule has 1 aliphatic heterocycles. The fourth-order valence-corrected chi connectivity index (χ4v) is 2.43. The summed E-state index contributed by atoms with van der Waals surface area (Å²) in [6.07, 6.45) is 0. The lowest BCUT2D eigenvalue weighted by Gasteiger charge is -2.24. The molecular formula is C16H16FNO3. The van der Waals surface area contributed by atoms with Crippen LogP contribution in [0.3, 0.4) is 0 Å². The van der Waals surface area contributed by atoms with Gasteiger partial charge in [0, 0.05) is 11.1 Å². The van der Waals surface area contributed by atoms with Crippen LogP contribution in [0.5, 0.6) is 17.2 Å². The Balaban J connectivity index is 2.05. The first kappa shape index (κ1) is 13.7. The number of fused-ring (bicyclic) bond motifs is 1. The van der Waals surface area contributed by atoms with Crippen molar-refractivity contribution >= 4 is 0 Å². The molecule has 1 heterocycles. The Morgan fingerprint density at radius 1 is 1.10 bits per heavy atom. The minimum Gasteiger partial charge on any atom is -0.494 e. The zero-order valence-electron chi connectivity index (χ0n) is 11.6. The summed E-state index contributed by atoms with van der Waals surface area (Å²) >= 11 is 0. The topological polar surface area (TPSA) is 53.7 Å². The number of rotatable bonds is 3. The molecule has 4 nitrogen and oxygen atoms in total. The van der Waals surface area contributed by atoms with E-state index in [0.717, 1.165) is 0 Å². The van der Waals surface area contributed by atoms with Gasteiger partial charge in [0.25, 0.3) is 0 Å². The Kier molecular flexibility index (Phi) is 3.66. The van der Waals surface area contributed by atoms with E-state index in [4.69, 9.17) is 19.9 Å². The number of halogens is 1. The SMILES string of the molecule is COc1cccc(C(N)c2cccc3c2OCCO3)c1F. The Labute approximate surface area is 122 Å². The third-order valence-corrected chi connectivity index (χ3v) is 3.48. The Bertz CT molecular complexity index is 660. The van der Waals surface area contributed by atoms with Gasteiger partial charge in [0.2, 0.25) is 0 Å². The molecule has 2 aromatic carbocycles. The minimum atomic E-state index is -0.656. The second kappa shape index (κ2) is 5.61. The normalized spacial score (nSPS) is 14.6. The minimum absolute atomic E-state index is 0.171. The summed E-state index contributed by atoms with van der Waals surface area (Å²) in [4.78, 5) is 0. The fourth-order valence-electron chi connectivity index (χ4n) is 2.43. The van der Waals surface area contributed by atoms with Crippen LogP contribution in [0.4, 0.5) is 4.39 Å². The molecular weight excluding hydrogens is 273 g/mol. The lowest BCUT2D eigenvalue weighted by Crippen LogP contribution is -2.20. The maximum atomic E-state index is 14.4. The summed E-state index contributed by atoms with van der Waals surface area (Å²) in [6.45, 7) is 0.955. The highest BCUT2D eigenvalue weighted by Gasteiger charge is 2.23.